The molecule has 104 valence electrons. The summed E-state index contributed by atoms with van der Waals surface area (Å²) >= 11 is 2.21. The highest BCUT2D eigenvalue weighted by atomic mass is 127. The number of carbonyl (C=O) groups is 1. The van der Waals surface area contributed by atoms with Gasteiger partial charge in [0, 0.05) is 15.3 Å². The molecule has 0 spiro atoms. The molecule has 0 heterocycles. The third-order valence-corrected chi connectivity index (χ3v) is 3.68. The standard InChI is InChI=1S/C16H17IN2O/c1-11(2)18-14-9-5-3-7-12(14)16(20)19-15-10-6-4-8-13(15)17/h3-11,18H,1-2H3,(H,19,20). The lowest BCUT2D eigenvalue weighted by atomic mass is 10.1. The van der Waals surface area contributed by atoms with Gasteiger partial charge in [-0.25, -0.2) is 0 Å². The van der Waals surface area contributed by atoms with Gasteiger partial charge in [0.25, 0.3) is 5.91 Å². The van der Waals surface area contributed by atoms with Gasteiger partial charge in [-0.2, -0.15) is 0 Å². The van der Waals surface area contributed by atoms with Crippen LogP contribution in [0.2, 0.25) is 0 Å². The van der Waals surface area contributed by atoms with Crippen LogP contribution in [0.4, 0.5) is 11.4 Å². The first-order chi connectivity index (χ1) is 9.58. The predicted octanol–water partition coefficient (Wildman–Crippen LogP) is 4.36. The first-order valence-corrected chi connectivity index (χ1v) is 7.57. The van der Waals surface area contributed by atoms with E-state index in [1.165, 1.54) is 0 Å². The molecule has 0 aromatic heterocycles. The molecule has 3 nitrogen and oxygen atoms in total. The summed E-state index contributed by atoms with van der Waals surface area (Å²) in [4.78, 5) is 12.4. The summed E-state index contributed by atoms with van der Waals surface area (Å²) in [6.45, 7) is 4.10. The Labute approximate surface area is 132 Å². The molecule has 2 rings (SSSR count). The first-order valence-electron chi connectivity index (χ1n) is 6.49. The van der Waals surface area contributed by atoms with Gasteiger partial charge in [-0.3, -0.25) is 4.79 Å². The van der Waals surface area contributed by atoms with E-state index >= 15 is 0 Å². The molecular weight excluding hydrogens is 363 g/mol. The van der Waals surface area contributed by atoms with Crippen LogP contribution in [-0.4, -0.2) is 11.9 Å². The van der Waals surface area contributed by atoms with E-state index < -0.39 is 0 Å². The van der Waals surface area contributed by atoms with Crippen molar-refractivity contribution in [2.45, 2.75) is 19.9 Å². The van der Waals surface area contributed by atoms with Crippen LogP contribution in [0.25, 0.3) is 0 Å². The van der Waals surface area contributed by atoms with E-state index in [4.69, 9.17) is 0 Å². The summed E-state index contributed by atoms with van der Waals surface area (Å²) in [5.74, 6) is -0.0992. The second-order valence-electron chi connectivity index (χ2n) is 4.78. The molecule has 0 aliphatic carbocycles. The summed E-state index contributed by atoms with van der Waals surface area (Å²) in [5, 5.41) is 6.25. The minimum atomic E-state index is -0.0992. The van der Waals surface area contributed by atoms with Gasteiger partial charge in [-0.1, -0.05) is 24.3 Å². The van der Waals surface area contributed by atoms with Crippen LogP contribution in [-0.2, 0) is 0 Å². The van der Waals surface area contributed by atoms with Gasteiger partial charge in [-0.15, -0.1) is 0 Å². The fourth-order valence-corrected chi connectivity index (χ4v) is 2.39. The quantitative estimate of drug-likeness (QED) is 0.774. The molecule has 2 N–H and O–H groups in total. The molecule has 0 atom stereocenters. The molecular formula is C16H17IN2O. The summed E-state index contributed by atoms with van der Waals surface area (Å²) in [6.07, 6.45) is 0. The molecule has 0 aliphatic rings. The Hall–Kier alpha value is -1.56. The molecule has 2 aromatic carbocycles. The van der Waals surface area contributed by atoms with E-state index in [0.29, 0.717) is 5.56 Å². The fourth-order valence-electron chi connectivity index (χ4n) is 1.87. The van der Waals surface area contributed by atoms with Crippen LogP contribution in [0.15, 0.2) is 48.5 Å². The minimum absolute atomic E-state index is 0.0992. The molecule has 0 saturated carbocycles. The average molecular weight is 380 g/mol. The predicted molar refractivity (Wildman–Crippen MR) is 92.3 cm³/mol. The molecule has 0 fully saturated rings. The second-order valence-corrected chi connectivity index (χ2v) is 5.94. The van der Waals surface area contributed by atoms with Crippen LogP contribution in [0, 0.1) is 3.57 Å². The number of hydrogen-bond acceptors (Lipinski definition) is 2. The third kappa shape index (κ3) is 3.72. The highest BCUT2D eigenvalue weighted by molar-refractivity contribution is 14.1. The fraction of sp³-hybridized carbons (Fsp3) is 0.188. The van der Waals surface area contributed by atoms with E-state index in [1.54, 1.807) is 0 Å². The highest BCUT2D eigenvalue weighted by Crippen LogP contribution is 2.21. The SMILES string of the molecule is CC(C)Nc1ccccc1C(=O)Nc1ccccc1I. The topological polar surface area (TPSA) is 41.1 Å². The van der Waals surface area contributed by atoms with Crippen LogP contribution in [0.5, 0.6) is 0 Å². The number of para-hydroxylation sites is 2. The van der Waals surface area contributed by atoms with Crippen LogP contribution in [0.1, 0.15) is 24.2 Å². The maximum absolute atomic E-state index is 12.4. The number of benzene rings is 2. The number of carbonyl (C=O) groups excluding carboxylic acids is 1. The largest absolute Gasteiger partial charge is 0.382 e. The van der Waals surface area contributed by atoms with Crippen LogP contribution < -0.4 is 10.6 Å². The second kappa shape index (κ2) is 6.74. The van der Waals surface area contributed by atoms with Crippen molar-refractivity contribution in [3.63, 3.8) is 0 Å². The van der Waals surface area contributed by atoms with Crippen molar-refractivity contribution in [2.75, 3.05) is 10.6 Å². The maximum atomic E-state index is 12.4. The highest BCUT2D eigenvalue weighted by Gasteiger charge is 2.12. The lowest BCUT2D eigenvalue weighted by Gasteiger charge is -2.15. The van der Waals surface area contributed by atoms with Gasteiger partial charge in [-0.05, 0) is 60.7 Å². The molecule has 0 aliphatic heterocycles. The lowest BCUT2D eigenvalue weighted by Crippen LogP contribution is -2.18. The first kappa shape index (κ1) is 14.8. The average Bonchev–Trinajstić information content (AvgIpc) is 2.41. The minimum Gasteiger partial charge on any atom is -0.382 e. The summed E-state index contributed by atoms with van der Waals surface area (Å²) in [6, 6.07) is 15.6. The van der Waals surface area contributed by atoms with Gasteiger partial charge < -0.3 is 10.6 Å². The van der Waals surface area contributed by atoms with E-state index in [9.17, 15) is 4.79 Å². The van der Waals surface area contributed by atoms with Gasteiger partial charge in [0.2, 0.25) is 0 Å². The van der Waals surface area contributed by atoms with Gasteiger partial charge in [0.15, 0.2) is 0 Å². The van der Waals surface area contributed by atoms with Gasteiger partial charge >= 0.3 is 0 Å². The van der Waals surface area contributed by atoms with Crippen LogP contribution in [0.3, 0.4) is 0 Å². The summed E-state index contributed by atoms with van der Waals surface area (Å²) in [5.41, 5.74) is 2.34. The molecule has 4 heteroatoms. The molecule has 0 saturated heterocycles. The zero-order valence-electron chi connectivity index (χ0n) is 11.5. The van der Waals surface area contributed by atoms with E-state index in [0.717, 1.165) is 14.9 Å². The number of hydrogen-bond donors (Lipinski definition) is 2. The number of nitrogens with one attached hydrogen (secondary N) is 2. The molecule has 20 heavy (non-hydrogen) atoms. The maximum Gasteiger partial charge on any atom is 0.257 e. The smallest absolute Gasteiger partial charge is 0.257 e. The number of rotatable bonds is 4. The van der Waals surface area contributed by atoms with Crippen molar-refractivity contribution in [2.24, 2.45) is 0 Å². The van der Waals surface area contributed by atoms with Crippen molar-refractivity contribution < 1.29 is 4.79 Å². The zero-order valence-corrected chi connectivity index (χ0v) is 13.6. The zero-order chi connectivity index (χ0) is 14.5. The lowest BCUT2D eigenvalue weighted by molar-refractivity contribution is 0.102. The Morgan fingerprint density at radius 3 is 2.25 bits per heavy atom. The van der Waals surface area contributed by atoms with Gasteiger partial charge in [0.1, 0.15) is 0 Å². The van der Waals surface area contributed by atoms with Gasteiger partial charge in [0.05, 0.1) is 11.3 Å². The Kier molecular flexibility index (Phi) is 5.00. The molecule has 0 radical (unpaired) electrons. The molecule has 1 amide bonds. The molecule has 0 bridgehead atoms. The number of amides is 1. The monoisotopic (exact) mass is 380 g/mol. The van der Waals surface area contributed by atoms with E-state index in [2.05, 4.69) is 47.1 Å². The van der Waals surface area contributed by atoms with E-state index in [-0.39, 0.29) is 11.9 Å². The Morgan fingerprint density at radius 1 is 1.00 bits per heavy atom. The van der Waals surface area contributed by atoms with Crippen molar-refractivity contribution in [3.8, 4) is 0 Å². The Morgan fingerprint density at radius 2 is 1.60 bits per heavy atom. The van der Waals surface area contributed by atoms with Crippen LogP contribution >= 0.6 is 22.6 Å². The third-order valence-electron chi connectivity index (χ3n) is 2.74. The Balaban J connectivity index is 2.23. The Bertz CT molecular complexity index is 611. The van der Waals surface area contributed by atoms with Crippen molar-refractivity contribution >= 4 is 39.9 Å². The van der Waals surface area contributed by atoms with Crippen molar-refractivity contribution in [3.05, 3.63) is 57.7 Å². The molecule has 2 aromatic rings. The summed E-state index contributed by atoms with van der Waals surface area (Å²) < 4.78 is 1.02. The molecule has 0 unspecified atom stereocenters. The summed E-state index contributed by atoms with van der Waals surface area (Å²) in [7, 11) is 0. The number of halogens is 1. The van der Waals surface area contributed by atoms with Crippen molar-refractivity contribution in [1.82, 2.24) is 0 Å². The normalized spacial score (nSPS) is 10.4. The number of anilines is 2. The van der Waals surface area contributed by atoms with E-state index in [1.807, 2.05) is 48.5 Å². The van der Waals surface area contributed by atoms with Crippen molar-refractivity contribution in [1.29, 1.82) is 0 Å².